The van der Waals surface area contributed by atoms with E-state index in [1.54, 1.807) is 30.3 Å². The van der Waals surface area contributed by atoms with Crippen molar-refractivity contribution in [2.45, 2.75) is 44.4 Å². The predicted molar refractivity (Wildman–Crippen MR) is 133 cm³/mol. The van der Waals surface area contributed by atoms with Crippen molar-refractivity contribution >= 4 is 35.7 Å². The third-order valence-electron chi connectivity index (χ3n) is 6.47. The number of rotatable bonds is 8. The standard InChI is InChI=1S/C24H31ClN6O4/c1-35-21-7-2-16(12-20(21)25)13-26-22-19(23(34)28-17-3-5-18(33)6-4-17)14-27-24(29-22)31-10-8-30(15-32)9-11-31/h2,7,12,14-15,17-18,33H,3-6,8-11,13H2,1H3,(H,28,34)(H,26,27,29). The molecule has 1 aromatic carbocycles. The molecule has 0 bridgehead atoms. The molecule has 2 aliphatic rings. The number of carbonyl (C=O) groups excluding carboxylic acids is 2. The fraction of sp³-hybridized carbons (Fsp3) is 0.500. The number of aliphatic hydroxyl groups excluding tert-OH is 1. The summed E-state index contributed by atoms with van der Waals surface area (Å²) in [6.45, 7) is 2.81. The lowest BCUT2D eigenvalue weighted by atomic mass is 9.93. The quantitative estimate of drug-likeness (QED) is 0.469. The molecule has 10 nitrogen and oxygen atoms in total. The Balaban J connectivity index is 1.52. The molecular formula is C24H31ClN6O4. The lowest BCUT2D eigenvalue weighted by molar-refractivity contribution is -0.118. The van der Waals surface area contributed by atoms with Crippen LogP contribution in [0.5, 0.6) is 5.75 Å². The predicted octanol–water partition coefficient (Wildman–Crippen LogP) is 2.06. The summed E-state index contributed by atoms with van der Waals surface area (Å²) in [5, 5.41) is 16.6. The minimum Gasteiger partial charge on any atom is -0.495 e. The van der Waals surface area contributed by atoms with Crippen molar-refractivity contribution in [1.29, 1.82) is 0 Å². The fourth-order valence-corrected chi connectivity index (χ4v) is 4.62. The first-order valence-electron chi connectivity index (χ1n) is 11.8. The molecule has 11 heteroatoms. The van der Waals surface area contributed by atoms with Crippen LogP contribution < -0.4 is 20.3 Å². The number of hydrogen-bond acceptors (Lipinski definition) is 8. The van der Waals surface area contributed by atoms with Gasteiger partial charge in [-0.1, -0.05) is 17.7 Å². The van der Waals surface area contributed by atoms with Crippen LogP contribution in [0.2, 0.25) is 5.02 Å². The normalized spacial score (nSPS) is 20.3. The Bertz CT molecular complexity index is 1040. The molecule has 2 heterocycles. The number of aromatic nitrogens is 2. The van der Waals surface area contributed by atoms with Crippen LogP contribution in [-0.2, 0) is 11.3 Å². The first-order valence-corrected chi connectivity index (χ1v) is 12.2. The van der Waals surface area contributed by atoms with Gasteiger partial charge in [0.05, 0.1) is 18.2 Å². The van der Waals surface area contributed by atoms with Crippen molar-refractivity contribution in [2.24, 2.45) is 0 Å². The van der Waals surface area contributed by atoms with Crippen LogP contribution in [0, 0.1) is 0 Å². The van der Waals surface area contributed by atoms with E-state index in [4.69, 9.17) is 16.3 Å². The van der Waals surface area contributed by atoms with Gasteiger partial charge < -0.3 is 30.3 Å². The van der Waals surface area contributed by atoms with E-state index in [0.717, 1.165) is 24.8 Å². The number of carbonyl (C=O) groups is 2. The third kappa shape index (κ3) is 6.32. The summed E-state index contributed by atoms with van der Waals surface area (Å²) >= 11 is 6.27. The van der Waals surface area contributed by atoms with E-state index in [9.17, 15) is 14.7 Å². The fourth-order valence-electron chi connectivity index (χ4n) is 4.34. The minimum atomic E-state index is -0.293. The van der Waals surface area contributed by atoms with Gasteiger partial charge in [0.25, 0.3) is 5.91 Å². The van der Waals surface area contributed by atoms with Crippen LogP contribution in [-0.4, -0.2) is 77.7 Å². The second-order valence-corrected chi connectivity index (χ2v) is 9.27. The number of piperazine rings is 1. The monoisotopic (exact) mass is 502 g/mol. The van der Waals surface area contributed by atoms with Gasteiger partial charge in [-0.3, -0.25) is 9.59 Å². The number of aliphatic hydroxyl groups is 1. The van der Waals surface area contributed by atoms with Crippen molar-refractivity contribution in [2.75, 3.05) is 43.5 Å². The zero-order valence-electron chi connectivity index (χ0n) is 19.7. The number of amides is 2. The third-order valence-corrected chi connectivity index (χ3v) is 6.77. The Morgan fingerprint density at radius 1 is 1.23 bits per heavy atom. The van der Waals surface area contributed by atoms with Gasteiger partial charge in [-0.15, -0.1) is 0 Å². The number of nitrogens with one attached hydrogen (secondary N) is 2. The lowest BCUT2D eigenvalue weighted by Crippen LogP contribution is -2.46. The minimum absolute atomic E-state index is 0.00948. The number of nitrogens with zero attached hydrogens (tertiary/aromatic N) is 4. The van der Waals surface area contributed by atoms with E-state index in [2.05, 4.69) is 20.6 Å². The topological polar surface area (TPSA) is 120 Å². The summed E-state index contributed by atoms with van der Waals surface area (Å²) in [4.78, 5) is 37.0. The molecule has 4 rings (SSSR count). The van der Waals surface area contributed by atoms with Crippen LogP contribution in [0.15, 0.2) is 24.4 Å². The molecule has 0 atom stereocenters. The summed E-state index contributed by atoms with van der Waals surface area (Å²) in [5.74, 6) is 1.27. The second-order valence-electron chi connectivity index (χ2n) is 8.86. The van der Waals surface area contributed by atoms with Crippen LogP contribution in [0.1, 0.15) is 41.6 Å². The molecule has 2 aromatic rings. The second kappa shape index (κ2) is 11.5. The zero-order chi connectivity index (χ0) is 24.8. The molecule has 1 aliphatic carbocycles. The maximum Gasteiger partial charge on any atom is 0.256 e. The van der Waals surface area contributed by atoms with E-state index < -0.39 is 0 Å². The number of ether oxygens (including phenoxy) is 1. The van der Waals surface area contributed by atoms with Crippen molar-refractivity contribution in [3.8, 4) is 5.75 Å². The van der Waals surface area contributed by atoms with Gasteiger partial charge in [0.2, 0.25) is 12.4 Å². The van der Waals surface area contributed by atoms with Gasteiger partial charge in [-0.05, 0) is 43.4 Å². The Labute approximate surface area is 209 Å². The smallest absolute Gasteiger partial charge is 0.256 e. The van der Waals surface area contributed by atoms with E-state index in [1.165, 1.54) is 0 Å². The maximum absolute atomic E-state index is 13.1. The highest BCUT2D eigenvalue weighted by atomic mass is 35.5. The van der Waals surface area contributed by atoms with Crippen LogP contribution in [0.3, 0.4) is 0 Å². The van der Waals surface area contributed by atoms with E-state index in [0.29, 0.717) is 73.7 Å². The van der Waals surface area contributed by atoms with Crippen LogP contribution >= 0.6 is 11.6 Å². The first kappa shape index (κ1) is 25.0. The summed E-state index contributed by atoms with van der Waals surface area (Å²) in [6.07, 6.45) is 4.93. The molecule has 188 valence electrons. The molecule has 1 aromatic heterocycles. The van der Waals surface area contributed by atoms with Gasteiger partial charge >= 0.3 is 0 Å². The van der Waals surface area contributed by atoms with E-state index in [1.807, 2.05) is 11.0 Å². The summed E-state index contributed by atoms with van der Waals surface area (Å²) in [7, 11) is 1.56. The highest BCUT2D eigenvalue weighted by Gasteiger charge is 2.25. The Morgan fingerprint density at radius 2 is 1.97 bits per heavy atom. The van der Waals surface area contributed by atoms with Gasteiger partial charge in [-0.25, -0.2) is 4.98 Å². The number of benzene rings is 1. The first-order chi connectivity index (χ1) is 17.0. The van der Waals surface area contributed by atoms with E-state index in [-0.39, 0.29) is 18.1 Å². The molecule has 1 saturated carbocycles. The lowest BCUT2D eigenvalue weighted by Gasteiger charge is -2.32. The summed E-state index contributed by atoms with van der Waals surface area (Å²) in [6, 6.07) is 5.50. The zero-order valence-corrected chi connectivity index (χ0v) is 20.5. The molecule has 3 N–H and O–H groups in total. The number of hydrogen-bond donors (Lipinski definition) is 3. The molecule has 1 aliphatic heterocycles. The van der Waals surface area contributed by atoms with Crippen molar-refractivity contribution in [3.05, 3.63) is 40.5 Å². The van der Waals surface area contributed by atoms with E-state index >= 15 is 0 Å². The Morgan fingerprint density at radius 3 is 2.63 bits per heavy atom. The van der Waals surface area contributed by atoms with Crippen molar-refractivity contribution in [1.82, 2.24) is 20.2 Å². The Hall–Kier alpha value is -3.11. The number of halogens is 1. The maximum atomic E-state index is 13.1. The van der Waals surface area contributed by atoms with Gasteiger partial charge in [0, 0.05) is 45.0 Å². The molecule has 2 fully saturated rings. The van der Waals surface area contributed by atoms with Crippen LogP contribution in [0.4, 0.5) is 11.8 Å². The molecule has 0 radical (unpaired) electrons. The molecule has 0 spiro atoms. The highest BCUT2D eigenvalue weighted by molar-refractivity contribution is 6.32. The van der Waals surface area contributed by atoms with Crippen molar-refractivity contribution in [3.63, 3.8) is 0 Å². The average Bonchev–Trinajstić information content (AvgIpc) is 2.88. The molecule has 1 saturated heterocycles. The highest BCUT2D eigenvalue weighted by Crippen LogP contribution is 2.26. The number of anilines is 2. The largest absolute Gasteiger partial charge is 0.495 e. The molecule has 2 amide bonds. The SMILES string of the molecule is COc1ccc(CNc2nc(N3CCN(C=O)CC3)ncc2C(=O)NC2CCC(O)CC2)cc1Cl. The summed E-state index contributed by atoms with van der Waals surface area (Å²) in [5.41, 5.74) is 1.26. The average molecular weight is 503 g/mol. The Kier molecular flexibility index (Phi) is 8.25. The number of methoxy groups -OCH3 is 1. The molecular weight excluding hydrogens is 472 g/mol. The van der Waals surface area contributed by atoms with Gasteiger partial charge in [-0.2, -0.15) is 4.98 Å². The van der Waals surface area contributed by atoms with Gasteiger partial charge in [0.15, 0.2) is 0 Å². The summed E-state index contributed by atoms with van der Waals surface area (Å²) < 4.78 is 5.22. The van der Waals surface area contributed by atoms with Crippen LogP contribution in [0.25, 0.3) is 0 Å². The molecule has 0 unspecified atom stereocenters. The molecule has 35 heavy (non-hydrogen) atoms. The van der Waals surface area contributed by atoms with Crippen molar-refractivity contribution < 1.29 is 19.4 Å². The van der Waals surface area contributed by atoms with Gasteiger partial charge in [0.1, 0.15) is 17.1 Å².